The maximum atomic E-state index is 13.5. The lowest BCUT2D eigenvalue weighted by molar-refractivity contribution is 0.102. The van der Waals surface area contributed by atoms with Crippen molar-refractivity contribution in [3.05, 3.63) is 53.6 Å². The molecule has 1 aliphatic heterocycles. The fraction of sp³-hybridized carbons (Fsp3) is 0.133. The van der Waals surface area contributed by atoms with Gasteiger partial charge in [-0.25, -0.2) is 8.78 Å². The molecule has 0 bridgehead atoms. The maximum Gasteiger partial charge on any atom is 0.255 e. The van der Waals surface area contributed by atoms with Crippen molar-refractivity contribution in [3.8, 4) is 0 Å². The van der Waals surface area contributed by atoms with Gasteiger partial charge in [0.25, 0.3) is 5.91 Å². The van der Waals surface area contributed by atoms with E-state index in [9.17, 15) is 13.6 Å². The minimum absolute atomic E-state index is 0.326. The number of nitrogens with one attached hydrogen (secondary N) is 3. The Morgan fingerprint density at radius 1 is 1.00 bits per heavy atom. The Morgan fingerprint density at radius 3 is 2.38 bits per heavy atom. The van der Waals surface area contributed by atoms with Crippen LogP contribution in [0, 0.1) is 11.6 Å². The number of amides is 1. The van der Waals surface area contributed by atoms with E-state index < -0.39 is 23.2 Å². The molecule has 0 radical (unpaired) electrons. The van der Waals surface area contributed by atoms with Crippen LogP contribution < -0.4 is 16.0 Å². The Morgan fingerprint density at radius 2 is 1.67 bits per heavy atom. The number of anilines is 3. The molecule has 2 aromatic rings. The first-order valence-electron chi connectivity index (χ1n) is 6.52. The Kier molecular flexibility index (Phi) is 3.43. The van der Waals surface area contributed by atoms with Crippen molar-refractivity contribution < 1.29 is 13.6 Å². The summed E-state index contributed by atoms with van der Waals surface area (Å²) in [5.41, 5.74) is 1.58. The second-order valence-electron chi connectivity index (χ2n) is 4.66. The fourth-order valence-electron chi connectivity index (χ4n) is 2.18. The molecule has 1 heterocycles. The highest BCUT2D eigenvalue weighted by molar-refractivity contribution is 6.05. The largest absolute Gasteiger partial charge is 0.382 e. The molecule has 0 fully saturated rings. The van der Waals surface area contributed by atoms with Crippen molar-refractivity contribution in [2.24, 2.45) is 0 Å². The summed E-state index contributed by atoms with van der Waals surface area (Å²) >= 11 is 0. The van der Waals surface area contributed by atoms with E-state index in [2.05, 4.69) is 16.0 Å². The van der Waals surface area contributed by atoms with E-state index >= 15 is 0 Å². The summed E-state index contributed by atoms with van der Waals surface area (Å²) < 4.78 is 27.0. The topological polar surface area (TPSA) is 53.2 Å². The fourth-order valence-corrected chi connectivity index (χ4v) is 2.18. The number of para-hydroxylation sites is 1. The molecule has 0 aromatic heterocycles. The zero-order chi connectivity index (χ0) is 14.8. The molecule has 0 saturated carbocycles. The molecule has 0 unspecified atom stereocenters. The molecule has 0 atom stereocenters. The van der Waals surface area contributed by atoms with Crippen LogP contribution in [0.4, 0.5) is 25.8 Å². The van der Waals surface area contributed by atoms with Crippen LogP contribution in [0.25, 0.3) is 0 Å². The van der Waals surface area contributed by atoms with Crippen LogP contribution in [-0.2, 0) is 0 Å². The van der Waals surface area contributed by atoms with E-state index in [4.69, 9.17) is 0 Å². The second kappa shape index (κ2) is 5.40. The Hall–Kier alpha value is -2.63. The first-order valence-corrected chi connectivity index (χ1v) is 6.52. The van der Waals surface area contributed by atoms with E-state index in [0.29, 0.717) is 5.56 Å². The van der Waals surface area contributed by atoms with Crippen molar-refractivity contribution in [1.29, 1.82) is 0 Å². The molecule has 0 aliphatic carbocycles. The van der Waals surface area contributed by atoms with Crippen molar-refractivity contribution in [2.75, 3.05) is 29.0 Å². The predicted octanol–water partition coefficient (Wildman–Crippen LogP) is 3.05. The Balaban J connectivity index is 1.86. The number of rotatable bonds is 2. The van der Waals surface area contributed by atoms with Gasteiger partial charge in [-0.05, 0) is 30.3 Å². The van der Waals surface area contributed by atoms with Crippen molar-refractivity contribution in [1.82, 2.24) is 0 Å². The zero-order valence-electron chi connectivity index (χ0n) is 11.0. The average Bonchev–Trinajstić information content (AvgIpc) is 2.50. The van der Waals surface area contributed by atoms with Gasteiger partial charge in [-0.2, -0.15) is 0 Å². The van der Waals surface area contributed by atoms with E-state index in [1.54, 1.807) is 18.2 Å². The number of benzene rings is 2. The summed E-state index contributed by atoms with van der Waals surface area (Å²) in [6.45, 7) is 1.55. The average molecular weight is 289 g/mol. The van der Waals surface area contributed by atoms with Crippen molar-refractivity contribution >= 4 is 23.0 Å². The van der Waals surface area contributed by atoms with Crippen LogP contribution >= 0.6 is 0 Å². The summed E-state index contributed by atoms with van der Waals surface area (Å²) in [7, 11) is 0. The van der Waals surface area contributed by atoms with Gasteiger partial charge in [0.2, 0.25) is 0 Å². The van der Waals surface area contributed by atoms with Crippen LogP contribution in [0.5, 0.6) is 0 Å². The van der Waals surface area contributed by atoms with Gasteiger partial charge in [0.15, 0.2) is 0 Å². The standard InChI is InChI=1S/C15H13F2N3O/c16-10-2-1-3-11(17)14(10)20-15(21)9-4-5-12-13(8-9)19-7-6-18-12/h1-5,8,18-19H,6-7H2,(H,20,21). The highest BCUT2D eigenvalue weighted by Gasteiger charge is 2.15. The van der Waals surface area contributed by atoms with Gasteiger partial charge in [-0.1, -0.05) is 6.07 Å². The molecule has 1 aliphatic rings. The van der Waals surface area contributed by atoms with Gasteiger partial charge in [0.05, 0.1) is 11.4 Å². The van der Waals surface area contributed by atoms with Crippen LogP contribution in [0.1, 0.15) is 10.4 Å². The van der Waals surface area contributed by atoms with E-state index in [1.165, 1.54) is 6.07 Å². The molecule has 3 rings (SSSR count). The molecular formula is C15H13F2N3O. The minimum atomic E-state index is -0.805. The van der Waals surface area contributed by atoms with Gasteiger partial charge in [-0.15, -0.1) is 0 Å². The lowest BCUT2D eigenvalue weighted by atomic mass is 10.1. The quantitative estimate of drug-likeness (QED) is 0.796. The lowest BCUT2D eigenvalue weighted by Gasteiger charge is -2.20. The Bertz CT molecular complexity index is 683. The molecule has 0 spiro atoms. The number of hydrogen-bond acceptors (Lipinski definition) is 3. The third-order valence-corrected chi connectivity index (χ3v) is 3.24. The highest BCUT2D eigenvalue weighted by atomic mass is 19.1. The van der Waals surface area contributed by atoms with Gasteiger partial charge in [-0.3, -0.25) is 4.79 Å². The van der Waals surface area contributed by atoms with E-state index in [1.807, 2.05) is 0 Å². The van der Waals surface area contributed by atoms with Crippen LogP contribution in [0.3, 0.4) is 0 Å². The second-order valence-corrected chi connectivity index (χ2v) is 4.66. The summed E-state index contributed by atoms with van der Waals surface area (Å²) in [5.74, 6) is -2.17. The molecule has 0 saturated heterocycles. The van der Waals surface area contributed by atoms with Gasteiger partial charge >= 0.3 is 0 Å². The maximum absolute atomic E-state index is 13.5. The molecule has 108 valence electrons. The van der Waals surface area contributed by atoms with E-state index in [0.717, 1.165) is 36.6 Å². The summed E-state index contributed by atoms with van der Waals surface area (Å²) in [6.07, 6.45) is 0. The van der Waals surface area contributed by atoms with Crippen LogP contribution in [0.2, 0.25) is 0 Å². The predicted molar refractivity (Wildman–Crippen MR) is 77.7 cm³/mol. The first kappa shape index (κ1) is 13.4. The van der Waals surface area contributed by atoms with Gasteiger partial charge in [0.1, 0.15) is 17.3 Å². The summed E-state index contributed by atoms with van der Waals surface area (Å²) in [6, 6.07) is 8.44. The monoisotopic (exact) mass is 289 g/mol. The van der Waals surface area contributed by atoms with E-state index in [-0.39, 0.29) is 0 Å². The number of hydrogen-bond donors (Lipinski definition) is 3. The number of carbonyl (C=O) groups excluding carboxylic acids is 1. The summed E-state index contributed by atoms with van der Waals surface area (Å²) in [4.78, 5) is 12.1. The normalized spacial score (nSPS) is 12.9. The lowest BCUT2D eigenvalue weighted by Crippen LogP contribution is -2.21. The molecule has 21 heavy (non-hydrogen) atoms. The van der Waals surface area contributed by atoms with Crippen LogP contribution in [0.15, 0.2) is 36.4 Å². The third kappa shape index (κ3) is 2.65. The SMILES string of the molecule is O=C(Nc1c(F)cccc1F)c1ccc2c(c1)NCCN2. The molecule has 3 N–H and O–H groups in total. The smallest absolute Gasteiger partial charge is 0.255 e. The number of fused-ring (bicyclic) bond motifs is 1. The minimum Gasteiger partial charge on any atom is -0.382 e. The molecular weight excluding hydrogens is 276 g/mol. The zero-order valence-corrected chi connectivity index (χ0v) is 11.0. The van der Waals surface area contributed by atoms with Crippen molar-refractivity contribution in [2.45, 2.75) is 0 Å². The molecule has 6 heteroatoms. The third-order valence-electron chi connectivity index (χ3n) is 3.24. The van der Waals surface area contributed by atoms with Gasteiger partial charge in [0, 0.05) is 18.7 Å². The van der Waals surface area contributed by atoms with Gasteiger partial charge < -0.3 is 16.0 Å². The molecule has 4 nitrogen and oxygen atoms in total. The van der Waals surface area contributed by atoms with Crippen LogP contribution in [-0.4, -0.2) is 19.0 Å². The molecule has 2 aromatic carbocycles. The first-order chi connectivity index (χ1) is 10.1. The molecule has 1 amide bonds. The number of halogens is 2. The summed E-state index contributed by atoms with van der Waals surface area (Å²) in [5, 5.41) is 8.60. The van der Waals surface area contributed by atoms with Crippen molar-refractivity contribution in [3.63, 3.8) is 0 Å². The number of carbonyl (C=O) groups is 1. The Labute approximate surface area is 120 Å². The highest BCUT2D eigenvalue weighted by Crippen LogP contribution is 2.26.